The molecule has 0 spiro atoms. The molecule has 0 amide bonds. The summed E-state index contributed by atoms with van der Waals surface area (Å²) in [6.07, 6.45) is 5.54. The highest BCUT2D eigenvalue weighted by Gasteiger charge is 2.07. The molecule has 3 rings (SSSR count). The zero-order chi connectivity index (χ0) is 20.6. The van der Waals surface area contributed by atoms with Gasteiger partial charge >= 0.3 is 0 Å². The predicted molar refractivity (Wildman–Crippen MR) is 116 cm³/mol. The second kappa shape index (κ2) is 9.73. The Morgan fingerprint density at radius 3 is 2.69 bits per heavy atom. The molecule has 0 radical (unpaired) electrons. The second-order valence-corrected chi connectivity index (χ2v) is 6.92. The van der Waals surface area contributed by atoms with Gasteiger partial charge in [0, 0.05) is 32.2 Å². The van der Waals surface area contributed by atoms with Crippen LogP contribution < -0.4 is 15.4 Å². The Balaban J connectivity index is 1.47. The zero-order valence-corrected chi connectivity index (χ0v) is 17.4. The maximum Gasteiger partial charge on any atom is 0.191 e. The highest BCUT2D eigenvalue weighted by atomic mass is 16.5. The first-order valence-corrected chi connectivity index (χ1v) is 9.68. The lowest BCUT2D eigenvalue weighted by Gasteiger charge is -2.18. The SMILES string of the molecule is CN=C(NCc1ccc(-n2ccnc2C)nc1)NCC(C)Oc1cccc(C)c1. The Kier molecular flexibility index (Phi) is 6.84. The minimum Gasteiger partial charge on any atom is -0.489 e. The van der Waals surface area contributed by atoms with Crippen LogP contribution in [0.15, 0.2) is 60.0 Å². The molecule has 0 fully saturated rings. The van der Waals surface area contributed by atoms with Gasteiger partial charge in [0.25, 0.3) is 0 Å². The fourth-order valence-electron chi connectivity index (χ4n) is 2.89. The summed E-state index contributed by atoms with van der Waals surface area (Å²) in [7, 11) is 1.75. The average Bonchev–Trinajstić information content (AvgIpc) is 3.14. The van der Waals surface area contributed by atoms with Gasteiger partial charge in [0.2, 0.25) is 0 Å². The van der Waals surface area contributed by atoms with Gasteiger partial charge in [0.15, 0.2) is 5.96 Å². The lowest BCUT2D eigenvalue weighted by Crippen LogP contribution is -2.41. The van der Waals surface area contributed by atoms with E-state index >= 15 is 0 Å². The van der Waals surface area contributed by atoms with Crippen molar-refractivity contribution in [1.29, 1.82) is 0 Å². The predicted octanol–water partition coefficient (Wildman–Crippen LogP) is 3.02. The van der Waals surface area contributed by atoms with Crippen molar-refractivity contribution in [2.75, 3.05) is 13.6 Å². The number of nitrogens with zero attached hydrogens (tertiary/aromatic N) is 4. The van der Waals surface area contributed by atoms with Gasteiger partial charge in [-0.15, -0.1) is 0 Å². The van der Waals surface area contributed by atoms with Crippen molar-refractivity contribution in [2.45, 2.75) is 33.4 Å². The molecule has 0 aliphatic heterocycles. The van der Waals surface area contributed by atoms with Crippen molar-refractivity contribution < 1.29 is 4.74 Å². The summed E-state index contributed by atoms with van der Waals surface area (Å²) in [6.45, 7) is 7.31. The Bertz CT molecular complexity index is 948. The Morgan fingerprint density at radius 2 is 2.03 bits per heavy atom. The molecule has 0 bridgehead atoms. The number of hydrogen-bond acceptors (Lipinski definition) is 4. The average molecular weight is 393 g/mol. The van der Waals surface area contributed by atoms with Crippen LogP contribution >= 0.6 is 0 Å². The number of rotatable bonds is 7. The smallest absolute Gasteiger partial charge is 0.191 e. The van der Waals surface area contributed by atoms with Crippen LogP contribution in [-0.4, -0.2) is 40.2 Å². The summed E-state index contributed by atoms with van der Waals surface area (Å²) < 4.78 is 7.90. The molecule has 0 saturated heterocycles. The van der Waals surface area contributed by atoms with Gasteiger partial charge in [-0.3, -0.25) is 9.56 Å². The van der Waals surface area contributed by atoms with E-state index in [2.05, 4.69) is 38.6 Å². The number of pyridine rings is 1. The summed E-state index contributed by atoms with van der Waals surface area (Å²) in [5.74, 6) is 3.36. The van der Waals surface area contributed by atoms with Crippen molar-refractivity contribution >= 4 is 5.96 Å². The number of benzene rings is 1. The van der Waals surface area contributed by atoms with Crippen LogP contribution in [0.4, 0.5) is 0 Å². The Hall–Kier alpha value is -3.35. The molecule has 7 heteroatoms. The molecular formula is C22H28N6O. The Morgan fingerprint density at radius 1 is 1.17 bits per heavy atom. The van der Waals surface area contributed by atoms with Gasteiger partial charge in [-0.1, -0.05) is 18.2 Å². The van der Waals surface area contributed by atoms with Crippen LogP contribution in [0.25, 0.3) is 5.82 Å². The highest BCUT2D eigenvalue weighted by molar-refractivity contribution is 5.79. The second-order valence-electron chi connectivity index (χ2n) is 6.92. The molecule has 0 aliphatic rings. The van der Waals surface area contributed by atoms with Gasteiger partial charge in [0.1, 0.15) is 23.5 Å². The van der Waals surface area contributed by atoms with Crippen LogP contribution in [0.5, 0.6) is 5.75 Å². The van der Waals surface area contributed by atoms with Crippen molar-refractivity contribution in [1.82, 2.24) is 25.2 Å². The molecule has 1 atom stereocenters. The maximum atomic E-state index is 5.95. The number of aromatic nitrogens is 3. The van der Waals surface area contributed by atoms with Crippen LogP contribution in [0.3, 0.4) is 0 Å². The van der Waals surface area contributed by atoms with Gasteiger partial charge in [-0.05, 0) is 50.1 Å². The minimum atomic E-state index is 0.00900. The van der Waals surface area contributed by atoms with E-state index < -0.39 is 0 Å². The van der Waals surface area contributed by atoms with E-state index in [0.29, 0.717) is 13.1 Å². The third-order valence-corrected chi connectivity index (χ3v) is 4.45. The van der Waals surface area contributed by atoms with E-state index in [0.717, 1.165) is 28.9 Å². The van der Waals surface area contributed by atoms with Crippen LogP contribution in [0.2, 0.25) is 0 Å². The van der Waals surface area contributed by atoms with Crippen LogP contribution in [-0.2, 0) is 6.54 Å². The van der Waals surface area contributed by atoms with Gasteiger partial charge in [-0.2, -0.15) is 0 Å². The molecule has 0 aliphatic carbocycles. The number of nitrogens with one attached hydrogen (secondary N) is 2. The van der Waals surface area contributed by atoms with Crippen LogP contribution in [0.1, 0.15) is 23.9 Å². The van der Waals surface area contributed by atoms with Gasteiger partial charge < -0.3 is 15.4 Å². The van der Waals surface area contributed by atoms with Gasteiger partial charge in [-0.25, -0.2) is 9.97 Å². The van der Waals surface area contributed by atoms with Crippen LogP contribution in [0, 0.1) is 13.8 Å². The van der Waals surface area contributed by atoms with Crippen molar-refractivity contribution in [2.24, 2.45) is 4.99 Å². The van der Waals surface area contributed by atoms with E-state index in [1.165, 1.54) is 5.56 Å². The molecule has 1 unspecified atom stereocenters. The first-order chi connectivity index (χ1) is 14.0. The highest BCUT2D eigenvalue weighted by Crippen LogP contribution is 2.14. The molecule has 2 aromatic heterocycles. The molecule has 0 saturated carbocycles. The lowest BCUT2D eigenvalue weighted by molar-refractivity contribution is 0.223. The fourth-order valence-corrected chi connectivity index (χ4v) is 2.89. The quantitative estimate of drug-likeness (QED) is 0.477. The molecular weight excluding hydrogens is 364 g/mol. The molecule has 29 heavy (non-hydrogen) atoms. The summed E-state index contributed by atoms with van der Waals surface area (Å²) in [5.41, 5.74) is 2.25. The van der Waals surface area contributed by atoms with E-state index in [1.54, 1.807) is 13.2 Å². The first kappa shape index (κ1) is 20.4. The number of imidazole rings is 1. The molecule has 2 N–H and O–H groups in total. The van der Waals surface area contributed by atoms with E-state index in [4.69, 9.17) is 4.74 Å². The van der Waals surface area contributed by atoms with Crippen molar-refractivity contribution in [3.05, 3.63) is 71.9 Å². The summed E-state index contributed by atoms with van der Waals surface area (Å²) >= 11 is 0. The number of aryl methyl sites for hydroxylation is 2. The molecule has 1 aromatic carbocycles. The number of ether oxygens (including phenoxy) is 1. The van der Waals surface area contributed by atoms with Crippen molar-refractivity contribution in [3.63, 3.8) is 0 Å². The first-order valence-electron chi connectivity index (χ1n) is 9.68. The Labute approximate surface area is 171 Å². The zero-order valence-electron chi connectivity index (χ0n) is 17.4. The van der Waals surface area contributed by atoms with E-state index in [1.807, 2.05) is 61.1 Å². The summed E-state index contributed by atoms with van der Waals surface area (Å²) in [5, 5.41) is 6.60. The molecule has 7 nitrogen and oxygen atoms in total. The lowest BCUT2D eigenvalue weighted by atomic mass is 10.2. The minimum absolute atomic E-state index is 0.00900. The monoisotopic (exact) mass is 392 g/mol. The molecule has 3 aromatic rings. The fraction of sp³-hybridized carbons (Fsp3) is 0.318. The van der Waals surface area contributed by atoms with Crippen molar-refractivity contribution in [3.8, 4) is 11.6 Å². The maximum absolute atomic E-state index is 5.95. The summed E-state index contributed by atoms with van der Waals surface area (Å²) in [4.78, 5) is 13.0. The number of guanidine groups is 1. The summed E-state index contributed by atoms with van der Waals surface area (Å²) in [6, 6.07) is 12.1. The standard InChI is InChI=1S/C22H28N6O/c1-16-6-5-7-20(12-16)29-17(2)13-26-22(23-4)27-15-19-8-9-21(25-14-19)28-11-10-24-18(28)3/h5-12,14,17H,13,15H2,1-4H3,(H2,23,26,27). The largest absolute Gasteiger partial charge is 0.489 e. The van der Waals surface area contributed by atoms with Gasteiger partial charge in [0.05, 0.1) is 6.54 Å². The topological polar surface area (TPSA) is 76.4 Å². The number of hydrogen-bond donors (Lipinski definition) is 2. The molecule has 2 heterocycles. The van der Waals surface area contributed by atoms with E-state index in [-0.39, 0.29) is 6.10 Å². The third-order valence-electron chi connectivity index (χ3n) is 4.45. The number of aliphatic imine (C=N–C) groups is 1. The van der Waals surface area contributed by atoms with E-state index in [9.17, 15) is 0 Å². The normalized spacial score (nSPS) is 12.5. The molecule has 152 valence electrons. The third kappa shape index (κ3) is 5.81.